The number of urea groups is 1. The Kier molecular flexibility index (Phi) is 5.57. The van der Waals surface area contributed by atoms with E-state index in [2.05, 4.69) is 57.0 Å². The van der Waals surface area contributed by atoms with Crippen LogP contribution in [0.15, 0.2) is 48.2 Å². The second-order valence-electron chi connectivity index (χ2n) is 9.71. The quantitative estimate of drug-likeness (QED) is 0.515. The molecule has 6 heteroatoms. The van der Waals surface area contributed by atoms with Crippen molar-refractivity contribution in [1.29, 1.82) is 0 Å². The highest BCUT2D eigenvalue weighted by Crippen LogP contribution is 2.44. The topological polar surface area (TPSA) is 52.7 Å². The van der Waals surface area contributed by atoms with E-state index in [9.17, 15) is 14.0 Å². The second-order valence-corrected chi connectivity index (χ2v) is 9.71. The molecule has 1 atom stereocenters. The number of carbonyl (C=O) groups is 2. The number of amides is 3. The third-order valence-electron chi connectivity index (χ3n) is 6.34. The summed E-state index contributed by atoms with van der Waals surface area (Å²) >= 11 is 0. The summed E-state index contributed by atoms with van der Waals surface area (Å²) in [5.41, 5.74) is 4.37. The molecule has 0 bridgehead atoms. The van der Waals surface area contributed by atoms with Crippen molar-refractivity contribution in [3.05, 3.63) is 70.7 Å². The molecule has 2 heterocycles. The van der Waals surface area contributed by atoms with Gasteiger partial charge in [0.2, 0.25) is 0 Å². The van der Waals surface area contributed by atoms with Gasteiger partial charge in [0.05, 0.1) is 6.54 Å². The van der Waals surface area contributed by atoms with E-state index in [1.165, 1.54) is 23.4 Å². The molecule has 0 radical (unpaired) electrons. The third kappa shape index (κ3) is 4.01. The standard InChI is InChI=1S/C26H30FN3O2/c1-16(2)30-23-11-8-19(12-21(23)17(3)14-26(30,4)5)13-22-24(31)29(25(32)28-22)15-18-6-9-20(27)10-7-18/h6-13,16-17H,14-15H2,1-5H3,(H,28,32)/b22-13-/t17-/m1/s1. The van der Waals surface area contributed by atoms with Crippen LogP contribution in [0.1, 0.15) is 63.6 Å². The van der Waals surface area contributed by atoms with Crippen LogP contribution in [0.3, 0.4) is 0 Å². The summed E-state index contributed by atoms with van der Waals surface area (Å²) in [6, 6.07) is 11.9. The van der Waals surface area contributed by atoms with Crippen molar-refractivity contribution in [1.82, 2.24) is 10.2 Å². The molecule has 0 aliphatic carbocycles. The van der Waals surface area contributed by atoms with Gasteiger partial charge in [-0.05, 0) is 87.1 Å². The van der Waals surface area contributed by atoms with Crippen LogP contribution < -0.4 is 10.2 Å². The van der Waals surface area contributed by atoms with Gasteiger partial charge < -0.3 is 10.2 Å². The van der Waals surface area contributed by atoms with E-state index in [0.717, 1.165) is 16.9 Å². The van der Waals surface area contributed by atoms with Gasteiger partial charge in [-0.1, -0.05) is 25.1 Å². The zero-order valence-electron chi connectivity index (χ0n) is 19.3. The number of nitrogens with one attached hydrogen (secondary N) is 1. The first-order valence-electron chi connectivity index (χ1n) is 11.1. The first kappa shape index (κ1) is 22.1. The van der Waals surface area contributed by atoms with Crippen LogP contribution >= 0.6 is 0 Å². The predicted molar refractivity (Wildman–Crippen MR) is 125 cm³/mol. The number of anilines is 1. The average Bonchev–Trinajstić information content (AvgIpc) is 2.96. The summed E-state index contributed by atoms with van der Waals surface area (Å²) in [7, 11) is 0. The molecule has 1 fully saturated rings. The Morgan fingerprint density at radius 3 is 2.50 bits per heavy atom. The van der Waals surface area contributed by atoms with E-state index >= 15 is 0 Å². The largest absolute Gasteiger partial charge is 0.364 e. The minimum atomic E-state index is -0.468. The summed E-state index contributed by atoms with van der Waals surface area (Å²) in [5, 5.41) is 2.68. The zero-order valence-corrected chi connectivity index (χ0v) is 19.3. The van der Waals surface area contributed by atoms with Crippen LogP contribution in [0.5, 0.6) is 0 Å². The minimum Gasteiger partial charge on any atom is -0.364 e. The molecule has 1 N–H and O–H groups in total. The van der Waals surface area contributed by atoms with Crippen LogP contribution in [0.4, 0.5) is 14.9 Å². The van der Waals surface area contributed by atoms with Crippen molar-refractivity contribution < 1.29 is 14.0 Å². The van der Waals surface area contributed by atoms with Gasteiger partial charge in [0.1, 0.15) is 11.5 Å². The Balaban J connectivity index is 1.61. The number of nitrogens with zero attached hydrogens (tertiary/aromatic N) is 2. The lowest BCUT2D eigenvalue weighted by atomic mass is 9.79. The predicted octanol–water partition coefficient (Wildman–Crippen LogP) is 5.42. The van der Waals surface area contributed by atoms with Crippen molar-refractivity contribution in [2.45, 2.75) is 65.1 Å². The smallest absolute Gasteiger partial charge is 0.329 e. The van der Waals surface area contributed by atoms with Crippen LogP contribution in [-0.4, -0.2) is 28.4 Å². The Bertz CT molecular complexity index is 1090. The molecule has 2 aromatic rings. The lowest BCUT2D eigenvalue weighted by Crippen LogP contribution is -2.51. The van der Waals surface area contributed by atoms with E-state index in [4.69, 9.17) is 0 Å². The highest BCUT2D eigenvalue weighted by Gasteiger charge is 2.38. The lowest BCUT2D eigenvalue weighted by molar-refractivity contribution is -0.123. The van der Waals surface area contributed by atoms with Gasteiger partial charge in [0.25, 0.3) is 5.91 Å². The van der Waals surface area contributed by atoms with Gasteiger partial charge in [-0.25, -0.2) is 9.18 Å². The molecule has 3 amide bonds. The molecule has 4 rings (SSSR count). The van der Waals surface area contributed by atoms with E-state index in [1.54, 1.807) is 18.2 Å². The number of rotatable bonds is 4. The summed E-state index contributed by atoms with van der Waals surface area (Å²) in [6.45, 7) is 11.3. The van der Waals surface area contributed by atoms with Crippen LogP contribution in [0, 0.1) is 5.82 Å². The lowest BCUT2D eigenvalue weighted by Gasteiger charge is -2.50. The summed E-state index contributed by atoms with van der Waals surface area (Å²) in [6.07, 6.45) is 2.77. The van der Waals surface area contributed by atoms with Crippen molar-refractivity contribution in [2.24, 2.45) is 0 Å². The molecule has 0 saturated carbocycles. The summed E-state index contributed by atoms with van der Waals surface area (Å²) in [4.78, 5) is 28.9. The maximum Gasteiger partial charge on any atom is 0.329 e. The molecule has 1 saturated heterocycles. The van der Waals surface area contributed by atoms with Gasteiger partial charge in [0, 0.05) is 17.3 Å². The molecular formula is C26H30FN3O2. The fourth-order valence-electron chi connectivity index (χ4n) is 5.19. The van der Waals surface area contributed by atoms with E-state index in [0.29, 0.717) is 17.5 Å². The first-order chi connectivity index (χ1) is 15.1. The van der Waals surface area contributed by atoms with Crippen LogP contribution in [0.2, 0.25) is 0 Å². The second kappa shape index (κ2) is 8.08. The Hall–Kier alpha value is -3.15. The number of halogens is 1. The molecule has 0 spiro atoms. The number of hydrogen-bond acceptors (Lipinski definition) is 3. The summed E-state index contributed by atoms with van der Waals surface area (Å²) in [5.74, 6) is -0.347. The van der Waals surface area contributed by atoms with Crippen molar-refractivity contribution in [3.63, 3.8) is 0 Å². The fourth-order valence-corrected chi connectivity index (χ4v) is 5.19. The van der Waals surface area contributed by atoms with Gasteiger partial charge in [-0.2, -0.15) is 0 Å². The minimum absolute atomic E-state index is 0.0663. The molecule has 5 nitrogen and oxygen atoms in total. The number of benzene rings is 2. The number of hydrogen-bond donors (Lipinski definition) is 1. The number of carbonyl (C=O) groups excluding carboxylic acids is 2. The van der Waals surface area contributed by atoms with Gasteiger partial charge >= 0.3 is 6.03 Å². The molecular weight excluding hydrogens is 405 g/mol. The van der Waals surface area contributed by atoms with E-state index < -0.39 is 6.03 Å². The fraction of sp³-hybridized carbons (Fsp3) is 0.385. The van der Waals surface area contributed by atoms with Gasteiger partial charge in [-0.15, -0.1) is 0 Å². The maximum atomic E-state index is 13.1. The van der Waals surface area contributed by atoms with E-state index in [1.807, 2.05) is 6.07 Å². The first-order valence-corrected chi connectivity index (χ1v) is 11.1. The molecule has 2 aromatic carbocycles. The number of imide groups is 1. The van der Waals surface area contributed by atoms with Gasteiger partial charge in [-0.3, -0.25) is 9.69 Å². The SMILES string of the molecule is CC(C)N1c2ccc(/C=C3\NC(=O)N(Cc4ccc(F)cc4)C3=O)cc2[C@H](C)CC1(C)C. The molecule has 168 valence electrons. The highest BCUT2D eigenvalue weighted by atomic mass is 19.1. The van der Waals surface area contributed by atoms with Gasteiger partial charge in [0.15, 0.2) is 0 Å². The Labute approximate surface area is 188 Å². The normalized spacial score (nSPS) is 21.3. The monoisotopic (exact) mass is 435 g/mol. The Morgan fingerprint density at radius 1 is 1.16 bits per heavy atom. The molecule has 2 aliphatic heterocycles. The van der Waals surface area contributed by atoms with Crippen LogP contribution in [0.25, 0.3) is 6.08 Å². The molecule has 0 unspecified atom stereocenters. The Morgan fingerprint density at radius 2 is 1.84 bits per heavy atom. The number of fused-ring (bicyclic) bond motifs is 1. The zero-order chi connectivity index (χ0) is 23.2. The van der Waals surface area contributed by atoms with Crippen molar-refractivity contribution in [2.75, 3.05) is 4.90 Å². The molecule has 32 heavy (non-hydrogen) atoms. The summed E-state index contributed by atoms with van der Waals surface area (Å²) < 4.78 is 13.1. The third-order valence-corrected chi connectivity index (χ3v) is 6.34. The molecule has 2 aliphatic rings. The van der Waals surface area contributed by atoms with Crippen molar-refractivity contribution in [3.8, 4) is 0 Å². The average molecular weight is 436 g/mol. The van der Waals surface area contributed by atoms with Crippen molar-refractivity contribution >= 4 is 23.7 Å². The highest BCUT2D eigenvalue weighted by molar-refractivity contribution is 6.13. The van der Waals surface area contributed by atoms with E-state index in [-0.39, 0.29) is 29.5 Å². The van der Waals surface area contributed by atoms with Crippen LogP contribution in [-0.2, 0) is 11.3 Å². The molecule has 0 aromatic heterocycles. The maximum absolute atomic E-state index is 13.1.